The number of likely N-dealkylation sites (tertiary alicyclic amines) is 1. The second kappa shape index (κ2) is 6.84. The molecule has 0 spiro atoms. The maximum atomic E-state index is 12.3. The van der Waals surface area contributed by atoms with Gasteiger partial charge in [0.05, 0.1) is 6.10 Å². The van der Waals surface area contributed by atoms with E-state index < -0.39 is 0 Å². The third kappa shape index (κ3) is 4.04. The number of hydrogen-bond acceptors (Lipinski definition) is 3. The first kappa shape index (κ1) is 15.0. The number of carbonyl (C=O) groups excluding carboxylic acids is 1. The van der Waals surface area contributed by atoms with E-state index in [1.165, 1.54) is 0 Å². The minimum absolute atomic E-state index is 0.0380. The van der Waals surface area contributed by atoms with Crippen LogP contribution in [0.1, 0.15) is 42.9 Å². The molecule has 0 aromatic carbocycles. The third-order valence-corrected chi connectivity index (χ3v) is 3.50. The van der Waals surface area contributed by atoms with Gasteiger partial charge in [0.15, 0.2) is 0 Å². The molecule has 0 aliphatic carbocycles. The number of rotatable bonds is 4. The average Bonchev–Trinajstić information content (AvgIpc) is 2.45. The summed E-state index contributed by atoms with van der Waals surface area (Å²) in [5, 5.41) is 0. The predicted octanol–water partition coefficient (Wildman–Crippen LogP) is 2.67. The first-order chi connectivity index (χ1) is 9.56. The molecule has 1 amide bonds. The van der Waals surface area contributed by atoms with Crippen molar-refractivity contribution in [3.8, 4) is 0 Å². The van der Waals surface area contributed by atoms with E-state index in [1.54, 1.807) is 6.07 Å². The molecule has 1 aliphatic heterocycles. The molecule has 0 atom stereocenters. The lowest BCUT2D eigenvalue weighted by molar-refractivity contribution is -0.00243. The molecule has 1 aromatic rings. The number of nitrogens with zero attached hydrogens (tertiary/aromatic N) is 2. The van der Waals surface area contributed by atoms with E-state index in [0.29, 0.717) is 17.7 Å². The zero-order valence-electron chi connectivity index (χ0n) is 12.6. The summed E-state index contributed by atoms with van der Waals surface area (Å²) in [6.07, 6.45) is 2.14. The van der Waals surface area contributed by atoms with Crippen molar-refractivity contribution in [1.82, 2.24) is 9.88 Å². The molecule has 0 bridgehead atoms. The van der Waals surface area contributed by atoms with Gasteiger partial charge in [-0.25, -0.2) is 4.98 Å². The fourth-order valence-corrected chi connectivity index (χ4v) is 2.38. The van der Waals surface area contributed by atoms with E-state index in [2.05, 4.69) is 18.8 Å². The minimum atomic E-state index is 0.0380. The van der Waals surface area contributed by atoms with Crippen LogP contribution in [0.5, 0.6) is 0 Å². The van der Waals surface area contributed by atoms with Gasteiger partial charge in [-0.15, -0.1) is 0 Å². The Hall–Kier alpha value is -1.42. The Morgan fingerprint density at radius 3 is 2.70 bits per heavy atom. The monoisotopic (exact) mass is 276 g/mol. The summed E-state index contributed by atoms with van der Waals surface area (Å²) < 4.78 is 5.84. The molecule has 2 heterocycles. The molecule has 1 fully saturated rings. The maximum absolute atomic E-state index is 12.3. The molecule has 0 unspecified atom stereocenters. The Bertz CT molecular complexity index is 452. The van der Waals surface area contributed by atoms with Crippen LogP contribution < -0.4 is 0 Å². The number of ether oxygens (including phenoxy) is 1. The van der Waals surface area contributed by atoms with Crippen LogP contribution in [0.25, 0.3) is 0 Å². The summed E-state index contributed by atoms with van der Waals surface area (Å²) in [6, 6.07) is 5.58. The molecule has 20 heavy (non-hydrogen) atoms. The Morgan fingerprint density at radius 2 is 2.10 bits per heavy atom. The van der Waals surface area contributed by atoms with Crippen molar-refractivity contribution in [3.63, 3.8) is 0 Å². The molecular formula is C16H24N2O2. The van der Waals surface area contributed by atoms with Crippen molar-refractivity contribution in [1.29, 1.82) is 0 Å². The molecule has 110 valence electrons. The van der Waals surface area contributed by atoms with Gasteiger partial charge in [-0.1, -0.05) is 19.9 Å². The number of hydrogen-bond donors (Lipinski definition) is 0. The van der Waals surface area contributed by atoms with Gasteiger partial charge < -0.3 is 9.64 Å². The van der Waals surface area contributed by atoms with Gasteiger partial charge in [0.1, 0.15) is 5.69 Å². The van der Waals surface area contributed by atoms with E-state index >= 15 is 0 Å². The van der Waals surface area contributed by atoms with Gasteiger partial charge in [0.25, 0.3) is 5.91 Å². The van der Waals surface area contributed by atoms with Crippen molar-refractivity contribution in [3.05, 3.63) is 29.6 Å². The third-order valence-electron chi connectivity index (χ3n) is 3.50. The average molecular weight is 276 g/mol. The molecule has 1 aliphatic rings. The van der Waals surface area contributed by atoms with Gasteiger partial charge in [-0.3, -0.25) is 4.79 Å². The van der Waals surface area contributed by atoms with Crippen LogP contribution >= 0.6 is 0 Å². The van der Waals surface area contributed by atoms with Crippen LogP contribution in [0.4, 0.5) is 0 Å². The summed E-state index contributed by atoms with van der Waals surface area (Å²) in [4.78, 5) is 18.5. The van der Waals surface area contributed by atoms with Crippen molar-refractivity contribution >= 4 is 5.91 Å². The van der Waals surface area contributed by atoms with Gasteiger partial charge >= 0.3 is 0 Å². The number of aryl methyl sites for hydroxylation is 1. The van der Waals surface area contributed by atoms with Crippen molar-refractivity contribution in [2.75, 3.05) is 19.7 Å². The summed E-state index contributed by atoms with van der Waals surface area (Å²) in [6.45, 7) is 8.54. The maximum Gasteiger partial charge on any atom is 0.272 e. The number of pyridine rings is 1. The summed E-state index contributed by atoms with van der Waals surface area (Å²) in [5.74, 6) is 0.599. The van der Waals surface area contributed by atoms with Crippen LogP contribution in [0.15, 0.2) is 18.2 Å². The van der Waals surface area contributed by atoms with E-state index in [9.17, 15) is 4.79 Å². The number of carbonyl (C=O) groups is 1. The molecule has 0 saturated carbocycles. The second-order valence-corrected chi connectivity index (χ2v) is 5.88. The molecule has 4 nitrogen and oxygen atoms in total. The largest absolute Gasteiger partial charge is 0.378 e. The van der Waals surface area contributed by atoms with E-state index in [0.717, 1.165) is 38.2 Å². The molecule has 0 radical (unpaired) electrons. The number of amides is 1. The molecule has 0 N–H and O–H groups in total. The molecular weight excluding hydrogens is 252 g/mol. The van der Waals surface area contributed by atoms with Crippen LogP contribution in [0.3, 0.4) is 0 Å². The first-order valence-electron chi connectivity index (χ1n) is 7.41. The molecule has 4 heteroatoms. The van der Waals surface area contributed by atoms with Gasteiger partial charge in [-0.2, -0.15) is 0 Å². The minimum Gasteiger partial charge on any atom is -0.378 e. The number of aromatic nitrogens is 1. The van der Waals surface area contributed by atoms with Crippen molar-refractivity contribution in [2.24, 2.45) is 5.92 Å². The van der Waals surface area contributed by atoms with Crippen LogP contribution in [0, 0.1) is 12.8 Å². The molecule has 1 aromatic heterocycles. The predicted molar refractivity (Wildman–Crippen MR) is 78.7 cm³/mol. The Kier molecular flexibility index (Phi) is 5.12. The van der Waals surface area contributed by atoms with Crippen LogP contribution in [-0.4, -0.2) is 41.6 Å². The second-order valence-electron chi connectivity index (χ2n) is 5.88. The SMILES string of the molecule is Cc1cccc(C(=O)N2CCC(OCC(C)C)CC2)n1. The molecule has 2 rings (SSSR count). The fraction of sp³-hybridized carbons (Fsp3) is 0.625. The summed E-state index contributed by atoms with van der Waals surface area (Å²) in [7, 11) is 0. The highest BCUT2D eigenvalue weighted by Gasteiger charge is 2.24. The van der Waals surface area contributed by atoms with E-state index in [-0.39, 0.29) is 5.91 Å². The van der Waals surface area contributed by atoms with Gasteiger partial charge in [0, 0.05) is 25.4 Å². The zero-order valence-corrected chi connectivity index (χ0v) is 12.6. The van der Waals surface area contributed by atoms with Gasteiger partial charge in [0.2, 0.25) is 0 Å². The highest BCUT2D eigenvalue weighted by atomic mass is 16.5. The lowest BCUT2D eigenvalue weighted by Crippen LogP contribution is -2.41. The first-order valence-corrected chi connectivity index (χ1v) is 7.41. The smallest absolute Gasteiger partial charge is 0.272 e. The highest BCUT2D eigenvalue weighted by molar-refractivity contribution is 5.92. The van der Waals surface area contributed by atoms with Crippen LogP contribution in [-0.2, 0) is 4.74 Å². The van der Waals surface area contributed by atoms with Crippen molar-refractivity contribution < 1.29 is 9.53 Å². The molecule has 1 saturated heterocycles. The Morgan fingerprint density at radius 1 is 1.40 bits per heavy atom. The quantitative estimate of drug-likeness (QED) is 0.849. The number of piperidine rings is 1. The topological polar surface area (TPSA) is 42.4 Å². The lowest BCUT2D eigenvalue weighted by atomic mass is 10.1. The summed E-state index contributed by atoms with van der Waals surface area (Å²) in [5.41, 5.74) is 1.43. The Balaban J connectivity index is 1.86. The van der Waals surface area contributed by atoms with Crippen molar-refractivity contribution in [2.45, 2.75) is 39.7 Å². The summed E-state index contributed by atoms with van der Waals surface area (Å²) >= 11 is 0. The van der Waals surface area contributed by atoms with E-state index in [4.69, 9.17) is 4.74 Å². The highest BCUT2D eigenvalue weighted by Crippen LogP contribution is 2.16. The zero-order chi connectivity index (χ0) is 14.5. The fourth-order valence-electron chi connectivity index (χ4n) is 2.38. The normalized spacial score (nSPS) is 16.7. The standard InChI is InChI=1S/C16H24N2O2/c1-12(2)11-20-14-7-9-18(10-8-14)16(19)15-6-4-5-13(3)17-15/h4-6,12,14H,7-11H2,1-3H3. The van der Waals surface area contributed by atoms with E-state index in [1.807, 2.05) is 24.0 Å². The van der Waals surface area contributed by atoms with Gasteiger partial charge in [-0.05, 0) is 37.8 Å². The Labute approximate surface area is 121 Å². The lowest BCUT2D eigenvalue weighted by Gasteiger charge is -2.32. The van der Waals surface area contributed by atoms with Crippen LogP contribution in [0.2, 0.25) is 0 Å².